The normalized spacial score (nSPS) is 27.6. The molecule has 2 saturated heterocycles. The van der Waals surface area contributed by atoms with E-state index in [0.29, 0.717) is 50.5 Å². The molecule has 2 aliphatic heterocycles. The van der Waals surface area contributed by atoms with Gasteiger partial charge in [0.2, 0.25) is 0 Å². The Morgan fingerprint density at radius 1 is 0.708 bits per heavy atom. The van der Waals surface area contributed by atoms with Crippen LogP contribution in [0.25, 0.3) is 0 Å². The first-order valence-electron chi connectivity index (χ1n) is 9.26. The van der Waals surface area contributed by atoms with E-state index in [0.717, 1.165) is 38.5 Å². The molecule has 0 aromatic heterocycles. The Morgan fingerprint density at radius 3 is 1.46 bits per heavy atom. The van der Waals surface area contributed by atoms with Crippen LogP contribution in [0.3, 0.4) is 0 Å². The third kappa shape index (κ3) is 7.18. The molecule has 2 fully saturated rings. The van der Waals surface area contributed by atoms with Gasteiger partial charge < -0.3 is 18.9 Å². The second kappa shape index (κ2) is 9.99. The molecule has 0 spiro atoms. The number of hydrogen-bond acceptors (Lipinski definition) is 6. The topological polar surface area (TPSA) is 77.7 Å². The summed E-state index contributed by atoms with van der Waals surface area (Å²) in [5.74, 6) is -0.238. The minimum absolute atomic E-state index is 0.119. The summed E-state index contributed by atoms with van der Waals surface area (Å²) in [7, 11) is 0. The van der Waals surface area contributed by atoms with Crippen molar-refractivity contribution in [3.05, 3.63) is 0 Å². The average molecular weight is 342 g/mol. The van der Waals surface area contributed by atoms with Gasteiger partial charge >= 0.3 is 11.9 Å². The molecule has 0 N–H and O–H groups in total. The van der Waals surface area contributed by atoms with E-state index in [1.807, 2.05) is 13.8 Å². The zero-order valence-corrected chi connectivity index (χ0v) is 14.8. The van der Waals surface area contributed by atoms with Crippen molar-refractivity contribution in [3.63, 3.8) is 0 Å². The van der Waals surface area contributed by atoms with E-state index in [-0.39, 0.29) is 11.9 Å². The quantitative estimate of drug-likeness (QED) is 0.378. The summed E-state index contributed by atoms with van der Waals surface area (Å²) in [6.45, 7) is 4.54. The average Bonchev–Trinajstić information content (AvgIpc) is 3.43. The van der Waals surface area contributed by atoms with E-state index < -0.39 is 0 Å². The van der Waals surface area contributed by atoms with E-state index in [1.165, 1.54) is 0 Å². The Balaban J connectivity index is 1.41. The Hall–Kier alpha value is -1.14. The Morgan fingerprint density at radius 2 is 1.08 bits per heavy atom. The molecule has 6 nitrogen and oxygen atoms in total. The van der Waals surface area contributed by atoms with Crippen LogP contribution in [0.15, 0.2) is 0 Å². The van der Waals surface area contributed by atoms with Crippen molar-refractivity contribution in [2.24, 2.45) is 0 Å². The maximum Gasteiger partial charge on any atom is 0.305 e. The molecule has 0 bridgehead atoms. The molecule has 4 atom stereocenters. The highest BCUT2D eigenvalue weighted by Crippen LogP contribution is 2.36. The highest BCUT2D eigenvalue weighted by Gasteiger charge is 2.42. The first-order chi connectivity index (χ1) is 11.6. The Labute approximate surface area is 144 Å². The van der Waals surface area contributed by atoms with Crippen molar-refractivity contribution < 1.29 is 28.5 Å². The van der Waals surface area contributed by atoms with Crippen LogP contribution in [-0.4, -0.2) is 49.6 Å². The number of hydrogen-bond donors (Lipinski definition) is 0. The van der Waals surface area contributed by atoms with Crippen LogP contribution in [0.2, 0.25) is 0 Å². The van der Waals surface area contributed by atoms with Crippen molar-refractivity contribution in [2.45, 2.75) is 89.6 Å². The summed E-state index contributed by atoms with van der Waals surface area (Å²) >= 11 is 0. The summed E-state index contributed by atoms with van der Waals surface area (Å²) in [5.41, 5.74) is 0. The van der Waals surface area contributed by atoms with Gasteiger partial charge in [0.25, 0.3) is 0 Å². The molecule has 24 heavy (non-hydrogen) atoms. The van der Waals surface area contributed by atoms with Crippen molar-refractivity contribution in [3.8, 4) is 0 Å². The lowest BCUT2D eigenvalue weighted by Gasteiger charge is -2.00. The summed E-state index contributed by atoms with van der Waals surface area (Å²) < 4.78 is 21.1. The molecule has 0 radical (unpaired) electrons. The lowest BCUT2D eigenvalue weighted by molar-refractivity contribution is -0.144. The highest BCUT2D eigenvalue weighted by molar-refractivity contribution is 5.69. The fourth-order valence-corrected chi connectivity index (χ4v) is 3.06. The second-order valence-electron chi connectivity index (χ2n) is 6.40. The fraction of sp³-hybridized carbons (Fsp3) is 0.889. The minimum atomic E-state index is -0.119. The molecule has 4 unspecified atom stereocenters. The molecule has 0 aliphatic carbocycles. The SMILES string of the molecule is CCOC(=O)CCCC1OC1CCC1OC1CCCC(=O)OCC. The number of carbonyl (C=O) groups excluding carboxylic acids is 2. The van der Waals surface area contributed by atoms with Gasteiger partial charge in [0.1, 0.15) is 0 Å². The van der Waals surface area contributed by atoms with Crippen LogP contribution in [0, 0.1) is 0 Å². The predicted molar refractivity (Wildman–Crippen MR) is 87.5 cm³/mol. The van der Waals surface area contributed by atoms with Crippen LogP contribution in [0.5, 0.6) is 0 Å². The lowest BCUT2D eigenvalue weighted by atomic mass is 10.1. The standard InChI is InChI=1S/C18H30O6/c1-3-21-17(19)9-5-7-13-15(23-13)11-12-16-14(24-16)8-6-10-18(20)22-4-2/h13-16H,3-12H2,1-2H3. The van der Waals surface area contributed by atoms with E-state index >= 15 is 0 Å². The van der Waals surface area contributed by atoms with Crippen LogP contribution >= 0.6 is 0 Å². The van der Waals surface area contributed by atoms with Crippen LogP contribution in [0.1, 0.15) is 65.2 Å². The van der Waals surface area contributed by atoms with Crippen LogP contribution in [-0.2, 0) is 28.5 Å². The molecule has 0 aromatic carbocycles. The first kappa shape index (κ1) is 19.2. The summed E-state index contributed by atoms with van der Waals surface area (Å²) in [6, 6.07) is 0. The smallest absolute Gasteiger partial charge is 0.305 e. The van der Waals surface area contributed by atoms with E-state index in [9.17, 15) is 9.59 Å². The van der Waals surface area contributed by atoms with Gasteiger partial charge in [-0.2, -0.15) is 0 Å². The molecule has 0 aromatic rings. The lowest BCUT2D eigenvalue weighted by Crippen LogP contribution is -2.05. The number of rotatable bonds is 13. The van der Waals surface area contributed by atoms with Gasteiger partial charge in [-0.1, -0.05) is 0 Å². The molecule has 2 rings (SSSR count). The summed E-state index contributed by atoms with van der Waals surface area (Å²) in [4.78, 5) is 22.5. The Kier molecular flexibility index (Phi) is 7.99. The molecule has 6 heteroatoms. The van der Waals surface area contributed by atoms with Gasteiger partial charge in [-0.25, -0.2) is 0 Å². The maximum absolute atomic E-state index is 11.2. The van der Waals surface area contributed by atoms with Crippen LogP contribution < -0.4 is 0 Å². The van der Waals surface area contributed by atoms with Gasteiger partial charge in [-0.15, -0.1) is 0 Å². The van der Waals surface area contributed by atoms with Gasteiger partial charge in [-0.3, -0.25) is 9.59 Å². The molecule has 2 aliphatic rings. The maximum atomic E-state index is 11.2. The Bertz CT molecular complexity index is 372. The van der Waals surface area contributed by atoms with Crippen molar-refractivity contribution in [1.29, 1.82) is 0 Å². The first-order valence-corrected chi connectivity index (χ1v) is 9.26. The van der Waals surface area contributed by atoms with Gasteiger partial charge in [0.05, 0.1) is 37.6 Å². The molecular formula is C18H30O6. The van der Waals surface area contributed by atoms with E-state index in [1.54, 1.807) is 0 Å². The summed E-state index contributed by atoms with van der Waals surface area (Å²) in [6.07, 6.45) is 7.78. The minimum Gasteiger partial charge on any atom is -0.466 e. The zero-order valence-electron chi connectivity index (χ0n) is 14.8. The largest absolute Gasteiger partial charge is 0.466 e. The van der Waals surface area contributed by atoms with Crippen molar-refractivity contribution in [1.82, 2.24) is 0 Å². The molecule has 2 heterocycles. The second-order valence-corrected chi connectivity index (χ2v) is 6.40. The highest BCUT2D eigenvalue weighted by atomic mass is 16.6. The van der Waals surface area contributed by atoms with Crippen LogP contribution in [0.4, 0.5) is 0 Å². The van der Waals surface area contributed by atoms with Gasteiger partial charge in [-0.05, 0) is 52.4 Å². The van der Waals surface area contributed by atoms with E-state index in [2.05, 4.69) is 0 Å². The van der Waals surface area contributed by atoms with Gasteiger partial charge in [0.15, 0.2) is 0 Å². The number of ether oxygens (including phenoxy) is 4. The number of epoxide rings is 2. The molecular weight excluding hydrogens is 312 g/mol. The number of carbonyl (C=O) groups is 2. The number of esters is 2. The van der Waals surface area contributed by atoms with Gasteiger partial charge in [0, 0.05) is 12.8 Å². The molecule has 0 amide bonds. The van der Waals surface area contributed by atoms with Crippen molar-refractivity contribution >= 4 is 11.9 Å². The third-order valence-electron chi connectivity index (χ3n) is 4.46. The van der Waals surface area contributed by atoms with E-state index in [4.69, 9.17) is 18.9 Å². The zero-order chi connectivity index (χ0) is 17.4. The third-order valence-corrected chi connectivity index (χ3v) is 4.46. The fourth-order valence-electron chi connectivity index (χ4n) is 3.06. The predicted octanol–water partition coefficient (Wildman–Crippen LogP) is 2.77. The molecule has 0 saturated carbocycles. The summed E-state index contributed by atoms with van der Waals surface area (Å²) in [5, 5.41) is 0. The monoisotopic (exact) mass is 342 g/mol. The molecule has 138 valence electrons. The van der Waals surface area contributed by atoms with Crippen molar-refractivity contribution in [2.75, 3.05) is 13.2 Å².